The SMILES string of the molecule is CCONn1ccnn1.Cl. The molecule has 0 saturated heterocycles. The lowest BCUT2D eigenvalue weighted by Gasteiger charge is -2.00. The van der Waals surface area contributed by atoms with Crippen molar-refractivity contribution in [2.45, 2.75) is 6.92 Å². The van der Waals surface area contributed by atoms with E-state index < -0.39 is 0 Å². The van der Waals surface area contributed by atoms with E-state index in [9.17, 15) is 0 Å². The molecule has 0 aliphatic heterocycles. The number of nitrogens with zero attached hydrogens (tertiary/aromatic N) is 3. The zero-order chi connectivity index (χ0) is 6.53. The van der Waals surface area contributed by atoms with Gasteiger partial charge in [0, 0.05) is 0 Å². The van der Waals surface area contributed by atoms with E-state index in [1.54, 1.807) is 12.4 Å². The van der Waals surface area contributed by atoms with Crippen molar-refractivity contribution in [3.63, 3.8) is 0 Å². The molecule has 0 aromatic carbocycles. The molecular formula is C4H9ClN4O. The zero-order valence-corrected chi connectivity index (χ0v) is 6.34. The van der Waals surface area contributed by atoms with E-state index in [1.807, 2.05) is 6.92 Å². The quantitative estimate of drug-likeness (QED) is 0.649. The van der Waals surface area contributed by atoms with Crippen molar-refractivity contribution in [2.75, 3.05) is 12.2 Å². The fourth-order valence-corrected chi connectivity index (χ4v) is 0.388. The maximum Gasteiger partial charge on any atom is 0.0736 e. The smallest absolute Gasteiger partial charge is 0.0736 e. The Kier molecular flexibility index (Phi) is 4.61. The van der Waals surface area contributed by atoms with Gasteiger partial charge in [0.05, 0.1) is 19.0 Å². The molecule has 1 N–H and O–H groups in total. The Morgan fingerprint density at radius 3 is 3.00 bits per heavy atom. The molecule has 1 heterocycles. The Balaban J connectivity index is 0.000000810. The van der Waals surface area contributed by atoms with E-state index in [0.717, 1.165) is 0 Å². The van der Waals surface area contributed by atoms with Crippen LogP contribution in [0.25, 0.3) is 0 Å². The van der Waals surface area contributed by atoms with Gasteiger partial charge in [0.1, 0.15) is 0 Å². The van der Waals surface area contributed by atoms with Gasteiger partial charge >= 0.3 is 0 Å². The summed E-state index contributed by atoms with van der Waals surface area (Å²) in [5.74, 6) is 0. The molecule has 0 aliphatic rings. The van der Waals surface area contributed by atoms with Crippen LogP contribution in [0.1, 0.15) is 6.92 Å². The van der Waals surface area contributed by atoms with E-state index in [2.05, 4.69) is 15.9 Å². The molecule has 0 atom stereocenters. The molecule has 58 valence electrons. The first kappa shape index (κ1) is 9.19. The molecule has 0 aliphatic carbocycles. The Hall–Kier alpha value is -0.810. The van der Waals surface area contributed by atoms with Crippen molar-refractivity contribution >= 4 is 12.4 Å². The van der Waals surface area contributed by atoms with Crippen LogP contribution in [0.4, 0.5) is 0 Å². The average Bonchev–Trinajstić information content (AvgIpc) is 2.34. The van der Waals surface area contributed by atoms with Crippen molar-refractivity contribution in [2.24, 2.45) is 0 Å². The van der Waals surface area contributed by atoms with E-state index in [1.165, 1.54) is 4.79 Å². The highest BCUT2D eigenvalue weighted by Crippen LogP contribution is 1.73. The van der Waals surface area contributed by atoms with Crippen LogP contribution in [0.5, 0.6) is 0 Å². The lowest BCUT2D eigenvalue weighted by Crippen LogP contribution is -2.15. The van der Waals surface area contributed by atoms with Gasteiger partial charge < -0.3 is 0 Å². The van der Waals surface area contributed by atoms with Crippen LogP contribution < -0.4 is 5.59 Å². The summed E-state index contributed by atoms with van der Waals surface area (Å²) in [7, 11) is 0. The maximum atomic E-state index is 4.79. The average molecular weight is 165 g/mol. The third-order valence-corrected chi connectivity index (χ3v) is 0.725. The van der Waals surface area contributed by atoms with Crippen molar-refractivity contribution in [1.29, 1.82) is 0 Å². The summed E-state index contributed by atoms with van der Waals surface area (Å²) in [5.41, 5.74) is 2.52. The van der Waals surface area contributed by atoms with Crippen molar-refractivity contribution < 1.29 is 4.84 Å². The molecule has 0 fully saturated rings. The van der Waals surface area contributed by atoms with Crippen molar-refractivity contribution in [3.05, 3.63) is 12.4 Å². The first-order chi connectivity index (χ1) is 4.43. The molecular weight excluding hydrogens is 156 g/mol. The molecule has 10 heavy (non-hydrogen) atoms. The second-order valence-electron chi connectivity index (χ2n) is 1.37. The van der Waals surface area contributed by atoms with Gasteiger partial charge in [0.15, 0.2) is 0 Å². The van der Waals surface area contributed by atoms with Gasteiger partial charge in [-0.15, -0.1) is 22.3 Å². The second kappa shape index (κ2) is 5.01. The molecule has 0 saturated carbocycles. The van der Waals surface area contributed by atoms with E-state index in [4.69, 9.17) is 4.84 Å². The Bertz CT molecular complexity index is 154. The number of halogens is 1. The summed E-state index contributed by atoms with van der Waals surface area (Å²) >= 11 is 0. The highest BCUT2D eigenvalue weighted by molar-refractivity contribution is 5.85. The maximum absolute atomic E-state index is 4.79. The van der Waals surface area contributed by atoms with Crippen LogP contribution in [-0.4, -0.2) is 21.7 Å². The van der Waals surface area contributed by atoms with Crippen LogP contribution in [0.2, 0.25) is 0 Å². The summed E-state index contributed by atoms with van der Waals surface area (Å²) in [4.78, 5) is 6.17. The Morgan fingerprint density at radius 2 is 2.50 bits per heavy atom. The molecule has 5 nitrogen and oxygen atoms in total. The summed E-state index contributed by atoms with van der Waals surface area (Å²) in [6.45, 7) is 2.48. The van der Waals surface area contributed by atoms with E-state index in [-0.39, 0.29) is 12.4 Å². The molecule has 1 aromatic heterocycles. The molecule has 0 amide bonds. The molecule has 1 aromatic rings. The van der Waals surface area contributed by atoms with Crippen LogP contribution in [-0.2, 0) is 4.84 Å². The minimum atomic E-state index is 0. The van der Waals surface area contributed by atoms with E-state index in [0.29, 0.717) is 6.61 Å². The lowest BCUT2D eigenvalue weighted by atomic mass is 10.9. The molecule has 0 radical (unpaired) electrons. The van der Waals surface area contributed by atoms with Crippen LogP contribution in [0.3, 0.4) is 0 Å². The molecule has 0 unspecified atom stereocenters. The minimum Gasteiger partial charge on any atom is -0.259 e. The van der Waals surface area contributed by atoms with Crippen LogP contribution >= 0.6 is 12.4 Å². The molecule has 0 spiro atoms. The number of rotatable bonds is 3. The van der Waals surface area contributed by atoms with Gasteiger partial charge in [-0.25, -0.2) is 0 Å². The zero-order valence-electron chi connectivity index (χ0n) is 5.52. The monoisotopic (exact) mass is 164 g/mol. The molecule has 6 heteroatoms. The van der Waals surface area contributed by atoms with Gasteiger partial charge in [-0.3, -0.25) is 4.84 Å². The normalized spacial score (nSPS) is 8.50. The molecule has 1 rings (SSSR count). The van der Waals surface area contributed by atoms with Gasteiger partial charge in [-0.1, -0.05) is 0 Å². The number of aromatic nitrogens is 3. The van der Waals surface area contributed by atoms with Crippen molar-refractivity contribution in [1.82, 2.24) is 15.1 Å². The summed E-state index contributed by atoms with van der Waals surface area (Å²) in [5, 5.41) is 7.13. The van der Waals surface area contributed by atoms with Gasteiger partial charge in [-0.2, -0.15) is 5.59 Å². The fraction of sp³-hybridized carbons (Fsp3) is 0.500. The first-order valence-electron chi connectivity index (χ1n) is 2.67. The number of hydrogen-bond donors (Lipinski definition) is 1. The first-order valence-corrected chi connectivity index (χ1v) is 2.67. The third kappa shape index (κ3) is 2.65. The van der Waals surface area contributed by atoms with E-state index >= 15 is 0 Å². The number of hydrogen-bond acceptors (Lipinski definition) is 4. The van der Waals surface area contributed by atoms with Gasteiger partial charge in [-0.05, 0) is 12.1 Å². The predicted octanol–water partition coefficient (Wildman–Crippen LogP) is 0.195. The largest absolute Gasteiger partial charge is 0.259 e. The topological polar surface area (TPSA) is 52.0 Å². The minimum absolute atomic E-state index is 0. The number of nitrogens with one attached hydrogen (secondary N) is 1. The highest BCUT2D eigenvalue weighted by Gasteiger charge is 1.83. The summed E-state index contributed by atoms with van der Waals surface area (Å²) < 4.78 is 0. The van der Waals surface area contributed by atoms with Crippen molar-refractivity contribution in [3.8, 4) is 0 Å². The third-order valence-electron chi connectivity index (χ3n) is 0.725. The standard InChI is InChI=1S/C4H8N4O.ClH/c1-2-9-7-8-4-3-5-6-8;/h3-4,7H,2H2,1H3;1H. The Labute approximate surface area is 64.7 Å². The second-order valence-corrected chi connectivity index (χ2v) is 1.37. The summed E-state index contributed by atoms with van der Waals surface area (Å²) in [6.07, 6.45) is 3.21. The fourth-order valence-electron chi connectivity index (χ4n) is 0.388. The van der Waals surface area contributed by atoms with Crippen LogP contribution in [0.15, 0.2) is 12.4 Å². The highest BCUT2D eigenvalue weighted by atomic mass is 35.5. The lowest BCUT2D eigenvalue weighted by molar-refractivity contribution is 0.159. The van der Waals surface area contributed by atoms with Gasteiger partial charge in [0.2, 0.25) is 0 Å². The van der Waals surface area contributed by atoms with Crippen LogP contribution in [0, 0.1) is 0 Å². The Morgan fingerprint density at radius 1 is 1.70 bits per heavy atom. The predicted molar refractivity (Wildman–Crippen MR) is 38.3 cm³/mol. The van der Waals surface area contributed by atoms with Gasteiger partial charge in [0.25, 0.3) is 0 Å². The molecule has 0 bridgehead atoms. The summed E-state index contributed by atoms with van der Waals surface area (Å²) in [6, 6.07) is 0.